The van der Waals surface area contributed by atoms with Crippen LogP contribution in [0.15, 0.2) is 48.7 Å². The summed E-state index contributed by atoms with van der Waals surface area (Å²) in [7, 11) is 0. The molecule has 0 radical (unpaired) electrons. The average molecular weight is 466 g/mol. The number of aromatic nitrogens is 1. The van der Waals surface area contributed by atoms with Gasteiger partial charge < -0.3 is 9.47 Å². The van der Waals surface area contributed by atoms with E-state index in [0.717, 1.165) is 74.6 Å². The van der Waals surface area contributed by atoms with Crippen LogP contribution in [-0.2, 0) is 19.5 Å². The fourth-order valence-corrected chi connectivity index (χ4v) is 5.25. The zero-order valence-electron chi connectivity index (χ0n) is 20.0. The van der Waals surface area contributed by atoms with Gasteiger partial charge in [0.25, 0.3) is 0 Å². The summed E-state index contributed by atoms with van der Waals surface area (Å²) in [6.07, 6.45) is 5.91. The van der Waals surface area contributed by atoms with E-state index in [1.54, 1.807) is 0 Å². The van der Waals surface area contributed by atoms with Crippen LogP contribution >= 0.6 is 11.6 Å². The summed E-state index contributed by atoms with van der Waals surface area (Å²) in [6, 6.07) is 14.6. The molecular formula is C28H36ClN3O. The summed E-state index contributed by atoms with van der Waals surface area (Å²) in [5.74, 6) is 0.234. The molecule has 1 aliphatic rings. The highest BCUT2D eigenvalue weighted by Gasteiger charge is 2.18. The lowest BCUT2D eigenvalue weighted by molar-refractivity contribution is 0.0989. The molecule has 0 aliphatic carbocycles. The molecule has 3 aromatic rings. The largest absolute Gasteiger partial charge is 0.346 e. The van der Waals surface area contributed by atoms with Crippen LogP contribution in [0.5, 0.6) is 0 Å². The van der Waals surface area contributed by atoms with Gasteiger partial charge in [0.2, 0.25) is 0 Å². The number of carbonyl (C=O) groups is 1. The molecule has 4 rings (SSSR count). The van der Waals surface area contributed by atoms with E-state index in [9.17, 15) is 4.79 Å². The second-order valence-corrected chi connectivity index (χ2v) is 9.50. The van der Waals surface area contributed by atoms with Gasteiger partial charge in [0.1, 0.15) is 0 Å². The maximum absolute atomic E-state index is 12.5. The Hall–Kier alpha value is -2.14. The Balaban J connectivity index is 1.37. The number of aryl methyl sites for hydroxylation is 2. The number of hydrogen-bond acceptors (Lipinski definition) is 3. The summed E-state index contributed by atoms with van der Waals surface area (Å²) in [4.78, 5) is 17.7. The molecule has 5 heteroatoms. The van der Waals surface area contributed by atoms with Gasteiger partial charge in [0, 0.05) is 54.8 Å². The third-order valence-corrected chi connectivity index (χ3v) is 7.26. The number of halogens is 1. The highest BCUT2D eigenvalue weighted by Crippen LogP contribution is 2.27. The van der Waals surface area contributed by atoms with Crippen molar-refractivity contribution in [3.63, 3.8) is 0 Å². The lowest BCUT2D eigenvalue weighted by atomic mass is 10.0. The van der Waals surface area contributed by atoms with E-state index in [0.29, 0.717) is 6.42 Å². The Labute approximate surface area is 203 Å². The third kappa shape index (κ3) is 5.68. The van der Waals surface area contributed by atoms with Crippen LogP contribution in [0.25, 0.3) is 10.9 Å². The summed E-state index contributed by atoms with van der Waals surface area (Å²) >= 11 is 6.37. The van der Waals surface area contributed by atoms with Gasteiger partial charge in [-0.25, -0.2) is 0 Å². The highest BCUT2D eigenvalue weighted by atomic mass is 35.5. The molecule has 33 heavy (non-hydrogen) atoms. The molecule has 1 aromatic heterocycles. The molecule has 2 aromatic carbocycles. The lowest BCUT2D eigenvalue weighted by Crippen LogP contribution is -2.31. The standard InChI is InChI=1S/C28H36ClN3O/c1-3-22-11-7-12-24-25(27(33)4-2)21-32(28(22)24)17-9-15-30-14-8-16-31(19-18-30)20-23-10-5-6-13-26(23)29/h5-7,10-13,21H,3-4,8-9,14-20H2,1-2H3. The molecular weight excluding hydrogens is 430 g/mol. The zero-order valence-corrected chi connectivity index (χ0v) is 20.8. The van der Waals surface area contributed by atoms with E-state index in [4.69, 9.17) is 11.6 Å². The molecule has 2 heterocycles. The third-order valence-electron chi connectivity index (χ3n) is 6.89. The zero-order chi connectivity index (χ0) is 23.2. The van der Waals surface area contributed by atoms with Gasteiger partial charge >= 0.3 is 0 Å². The topological polar surface area (TPSA) is 28.5 Å². The number of hydrogen-bond donors (Lipinski definition) is 0. The van der Waals surface area contributed by atoms with Gasteiger partial charge in [-0.15, -0.1) is 0 Å². The van der Waals surface area contributed by atoms with Crippen LogP contribution in [0.3, 0.4) is 0 Å². The van der Waals surface area contributed by atoms with Crippen LogP contribution in [0, 0.1) is 0 Å². The fraction of sp³-hybridized carbons (Fsp3) is 0.464. The van der Waals surface area contributed by atoms with Crippen molar-refractivity contribution in [3.05, 3.63) is 70.4 Å². The molecule has 176 valence electrons. The van der Waals surface area contributed by atoms with Crippen molar-refractivity contribution in [1.29, 1.82) is 0 Å². The summed E-state index contributed by atoms with van der Waals surface area (Å²) in [5, 5.41) is 1.98. The van der Waals surface area contributed by atoms with E-state index in [-0.39, 0.29) is 5.78 Å². The minimum Gasteiger partial charge on any atom is -0.346 e. The number of nitrogens with zero attached hydrogens (tertiary/aromatic N) is 3. The van der Waals surface area contributed by atoms with Crippen LogP contribution in [0.4, 0.5) is 0 Å². The predicted octanol–water partition coefficient (Wildman–Crippen LogP) is 6.05. The van der Waals surface area contributed by atoms with E-state index in [1.165, 1.54) is 23.1 Å². The fourth-order valence-electron chi connectivity index (χ4n) is 5.05. The molecule has 0 saturated carbocycles. The van der Waals surface area contributed by atoms with Crippen molar-refractivity contribution in [2.45, 2.75) is 52.6 Å². The first-order valence-corrected chi connectivity index (χ1v) is 12.8. The molecule has 0 atom stereocenters. The van der Waals surface area contributed by atoms with Gasteiger partial charge in [0.15, 0.2) is 5.78 Å². The van der Waals surface area contributed by atoms with Crippen molar-refractivity contribution in [2.24, 2.45) is 0 Å². The van der Waals surface area contributed by atoms with Crippen molar-refractivity contribution in [2.75, 3.05) is 32.7 Å². The number of ketones is 1. The number of rotatable bonds is 9. The molecule has 0 amide bonds. The van der Waals surface area contributed by atoms with Gasteiger partial charge in [-0.2, -0.15) is 0 Å². The first-order chi connectivity index (χ1) is 16.1. The van der Waals surface area contributed by atoms with Gasteiger partial charge in [0.05, 0.1) is 5.52 Å². The minimum atomic E-state index is 0.234. The van der Waals surface area contributed by atoms with Crippen LogP contribution < -0.4 is 0 Å². The SMILES string of the molecule is CCC(=O)c1cn(CCCN2CCCN(Cc3ccccc3Cl)CC2)c2c(CC)cccc12. The molecule has 0 unspecified atom stereocenters. The van der Waals surface area contributed by atoms with Gasteiger partial charge in [-0.05, 0) is 56.1 Å². The minimum absolute atomic E-state index is 0.234. The number of benzene rings is 2. The Morgan fingerprint density at radius 1 is 0.909 bits per heavy atom. The first kappa shape index (κ1) is 24.0. The highest BCUT2D eigenvalue weighted by molar-refractivity contribution is 6.31. The summed E-state index contributed by atoms with van der Waals surface area (Å²) < 4.78 is 2.33. The van der Waals surface area contributed by atoms with Crippen molar-refractivity contribution < 1.29 is 4.79 Å². The van der Waals surface area contributed by atoms with Crippen molar-refractivity contribution >= 4 is 28.3 Å². The van der Waals surface area contributed by atoms with Gasteiger partial charge in [-0.1, -0.05) is 61.8 Å². The summed E-state index contributed by atoms with van der Waals surface area (Å²) in [6.45, 7) is 11.5. The van der Waals surface area contributed by atoms with E-state index < -0.39 is 0 Å². The molecule has 1 fully saturated rings. The second kappa shape index (κ2) is 11.3. The number of Topliss-reactive ketones (excluding diaryl/α,β-unsaturated/α-hetero) is 1. The predicted molar refractivity (Wildman–Crippen MR) is 138 cm³/mol. The van der Waals surface area contributed by atoms with Crippen LogP contribution in [-0.4, -0.2) is 52.9 Å². The molecule has 4 nitrogen and oxygen atoms in total. The Morgan fingerprint density at radius 3 is 2.45 bits per heavy atom. The van der Waals surface area contributed by atoms with Crippen molar-refractivity contribution in [3.8, 4) is 0 Å². The monoisotopic (exact) mass is 465 g/mol. The van der Waals surface area contributed by atoms with E-state index in [1.807, 2.05) is 19.1 Å². The number of carbonyl (C=O) groups excluding carboxylic acids is 1. The molecule has 0 N–H and O–H groups in total. The lowest BCUT2D eigenvalue weighted by Gasteiger charge is -2.22. The summed E-state index contributed by atoms with van der Waals surface area (Å²) in [5.41, 5.74) is 4.68. The average Bonchev–Trinajstić information content (AvgIpc) is 3.06. The maximum Gasteiger partial charge on any atom is 0.164 e. The second-order valence-electron chi connectivity index (χ2n) is 9.10. The number of fused-ring (bicyclic) bond motifs is 1. The first-order valence-electron chi connectivity index (χ1n) is 12.4. The van der Waals surface area contributed by atoms with Gasteiger partial charge in [-0.3, -0.25) is 9.69 Å². The Kier molecular flexibility index (Phi) is 8.24. The van der Waals surface area contributed by atoms with Crippen LogP contribution in [0.2, 0.25) is 5.02 Å². The van der Waals surface area contributed by atoms with Crippen molar-refractivity contribution in [1.82, 2.24) is 14.4 Å². The van der Waals surface area contributed by atoms with Crippen LogP contribution in [0.1, 0.15) is 54.6 Å². The van der Waals surface area contributed by atoms with E-state index >= 15 is 0 Å². The number of para-hydroxylation sites is 1. The molecule has 1 aliphatic heterocycles. The Morgan fingerprint density at radius 2 is 1.67 bits per heavy atom. The molecule has 1 saturated heterocycles. The quantitative estimate of drug-likeness (QED) is 0.360. The smallest absolute Gasteiger partial charge is 0.164 e. The Bertz CT molecular complexity index is 1090. The van der Waals surface area contributed by atoms with E-state index in [2.05, 4.69) is 57.8 Å². The normalized spacial score (nSPS) is 15.7. The maximum atomic E-state index is 12.5. The molecule has 0 spiro atoms. The molecule has 0 bridgehead atoms.